The molecule has 0 aromatic carbocycles. The molecule has 0 radical (unpaired) electrons. The average molecular weight is 344 g/mol. The van der Waals surface area contributed by atoms with E-state index in [0.717, 1.165) is 4.47 Å². The molecule has 1 amide bonds. The minimum Gasteiger partial charge on any atom is -0.479 e. The van der Waals surface area contributed by atoms with E-state index >= 15 is 0 Å². The third-order valence-corrected chi connectivity index (χ3v) is 3.84. The number of hydrogen-bond donors (Lipinski definition) is 1. The summed E-state index contributed by atoms with van der Waals surface area (Å²) in [7, 11) is 2.91. The fourth-order valence-corrected chi connectivity index (χ4v) is 2.63. The first-order chi connectivity index (χ1) is 9.13. The van der Waals surface area contributed by atoms with E-state index in [0.29, 0.717) is 10.6 Å². The van der Waals surface area contributed by atoms with Gasteiger partial charge >= 0.3 is 6.01 Å². The van der Waals surface area contributed by atoms with E-state index in [9.17, 15) is 4.79 Å². The molecule has 0 spiro atoms. The monoisotopic (exact) mass is 343 g/mol. The number of aromatic nitrogens is 2. The molecular formula is C11H10BrN3O3S. The summed E-state index contributed by atoms with van der Waals surface area (Å²) in [5.41, 5.74) is 0.387. The number of rotatable bonds is 4. The first kappa shape index (κ1) is 13.8. The summed E-state index contributed by atoms with van der Waals surface area (Å²) >= 11 is 4.63. The molecule has 0 saturated heterocycles. The van der Waals surface area contributed by atoms with Crippen molar-refractivity contribution in [3.63, 3.8) is 0 Å². The lowest BCUT2D eigenvalue weighted by atomic mass is 10.4. The topological polar surface area (TPSA) is 73.3 Å². The number of carbonyl (C=O) groups is 1. The molecule has 0 aliphatic rings. The van der Waals surface area contributed by atoms with Crippen LogP contribution in [0.2, 0.25) is 0 Å². The lowest BCUT2D eigenvalue weighted by Gasteiger charge is -2.08. The predicted octanol–water partition coefficient (Wildman–Crippen LogP) is 2.57. The normalized spacial score (nSPS) is 10.1. The molecule has 2 aromatic heterocycles. The fraction of sp³-hybridized carbons (Fsp3) is 0.182. The van der Waals surface area contributed by atoms with Crippen molar-refractivity contribution in [1.82, 2.24) is 9.97 Å². The Hall–Kier alpha value is -1.67. The highest BCUT2D eigenvalue weighted by Gasteiger charge is 2.14. The van der Waals surface area contributed by atoms with Crippen LogP contribution in [0.4, 0.5) is 5.69 Å². The summed E-state index contributed by atoms with van der Waals surface area (Å²) in [6.07, 6.45) is 1.44. The molecule has 19 heavy (non-hydrogen) atoms. The van der Waals surface area contributed by atoms with Gasteiger partial charge in [-0.25, -0.2) is 4.98 Å². The number of ether oxygens (including phenoxy) is 2. The Morgan fingerprint density at radius 3 is 2.79 bits per heavy atom. The van der Waals surface area contributed by atoms with Gasteiger partial charge in [-0.05, 0) is 22.0 Å². The molecule has 0 aliphatic carbocycles. The van der Waals surface area contributed by atoms with Crippen LogP contribution < -0.4 is 14.8 Å². The van der Waals surface area contributed by atoms with Crippen LogP contribution in [0.25, 0.3) is 0 Å². The first-order valence-electron chi connectivity index (χ1n) is 5.14. The Balaban J connectivity index is 2.21. The number of carbonyl (C=O) groups excluding carboxylic acids is 1. The van der Waals surface area contributed by atoms with E-state index in [2.05, 4.69) is 31.2 Å². The number of halogens is 1. The third-order valence-electron chi connectivity index (χ3n) is 2.15. The number of nitrogens with zero attached hydrogens (tertiary/aromatic N) is 2. The molecule has 0 fully saturated rings. The van der Waals surface area contributed by atoms with Crippen molar-refractivity contribution in [2.45, 2.75) is 0 Å². The fourth-order valence-electron chi connectivity index (χ4n) is 1.31. The van der Waals surface area contributed by atoms with Gasteiger partial charge in [0.05, 0.1) is 25.3 Å². The van der Waals surface area contributed by atoms with Gasteiger partial charge in [0.15, 0.2) is 0 Å². The summed E-state index contributed by atoms with van der Waals surface area (Å²) in [5, 5.41) is 4.52. The number of methoxy groups -OCH3 is 2. The lowest BCUT2D eigenvalue weighted by molar-refractivity contribution is 0.103. The summed E-state index contributed by atoms with van der Waals surface area (Å²) < 4.78 is 10.8. The van der Waals surface area contributed by atoms with Gasteiger partial charge < -0.3 is 14.8 Å². The van der Waals surface area contributed by atoms with E-state index in [4.69, 9.17) is 9.47 Å². The zero-order chi connectivity index (χ0) is 13.8. The zero-order valence-electron chi connectivity index (χ0n) is 10.1. The van der Waals surface area contributed by atoms with Crippen LogP contribution >= 0.6 is 27.3 Å². The molecule has 8 heteroatoms. The number of anilines is 1. The molecule has 2 aromatic rings. The Morgan fingerprint density at radius 1 is 1.42 bits per heavy atom. The average Bonchev–Trinajstić information content (AvgIpc) is 2.86. The summed E-state index contributed by atoms with van der Waals surface area (Å²) in [6, 6.07) is 1.91. The van der Waals surface area contributed by atoms with Gasteiger partial charge in [-0.3, -0.25) is 4.79 Å². The van der Waals surface area contributed by atoms with Gasteiger partial charge in [-0.1, -0.05) is 0 Å². The molecule has 1 N–H and O–H groups in total. The van der Waals surface area contributed by atoms with E-state index in [1.807, 2.05) is 5.38 Å². The number of amides is 1. The van der Waals surface area contributed by atoms with Crippen molar-refractivity contribution in [3.05, 3.63) is 27.0 Å². The highest BCUT2D eigenvalue weighted by Crippen LogP contribution is 2.25. The van der Waals surface area contributed by atoms with Crippen molar-refractivity contribution in [2.75, 3.05) is 19.5 Å². The summed E-state index contributed by atoms with van der Waals surface area (Å²) in [4.78, 5) is 20.5. The van der Waals surface area contributed by atoms with Crippen molar-refractivity contribution >= 4 is 38.9 Å². The Morgan fingerprint density at radius 2 is 2.21 bits per heavy atom. The van der Waals surface area contributed by atoms with Crippen LogP contribution in [0.3, 0.4) is 0 Å². The highest BCUT2D eigenvalue weighted by atomic mass is 79.9. The highest BCUT2D eigenvalue weighted by molar-refractivity contribution is 9.10. The smallest absolute Gasteiger partial charge is 0.319 e. The van der Waals surface area contributed by atoms with E-state index in [-0.39, 0.29) is 17.8 Å². The molecule has 100 valence electrons. The molecule has 0 bridgehead atoms. The lowest BCUT2D eigenvalue weighted by Crippen LogP contribution is -2.12. The maximum absolute atomic E-state index is 12.0. The van der Waals surface area contributed by atoms with Crippen LogP contribution in [0.5, 0.6) is 11.9 Å². The Bertz CT molecular complexity index is 603. The second kappa shape index (κ2) is 5.98. The SMILES string of the molecule is COc1ncc(NC(=O)c2cc(Br)cs2)c(OC)n1. The summed E-state index contributed by atoms with van der Waals surface area (Å²) in [6.45, 7) is 0. The van der Waals surface area contributed by atoms with Crippen LogP contribution in [0, 0.1) is 0 Å². The number of hydrogen-bond acceptors (Lipinski definition) is 6. The molecule has 0 aliphatic heterocycles. The largest absolute Gasteiger partial charge is 0.479 e. The minimum absolute atomic E-state index is 0.175. The van der Waals surface area contributed by atoms with E-state index < -0.39 is 0 Å². The van der Waals surface area contributed by atoms with E-state index in [1.54, 1.807) is 6.07 Å². The Labute approximate surface area is 121 Å². The molecule has 0 atom stereocenters. The van der Waals surface area contributed by atoms with Crippen LogP contribution in [0.15, 0.2) is 22.1 Å². The zero-order valence-corrected chi connectivity index (χ0v) is 12.5. The second-order valence-electron chi connectivity index (χ2n) is 3.36. The van der Waals surface area contributed by atoms with Crippen molar-refractivity contribution in [3.8, 4) is 11.9 Å². The molecule has 2 rings (SSSR count). The van der Waals surface area contributed by atoms with Crippen molar-refractivity contribution in [1.29, 1.82) is 0 Å². The number of thiophene rings is 1. The van der Waals surface area contributed by atoms with Crippen molar-refractivity contribution in [2.24, 2.45) is 0 Å². The van der Waals surface area contributed by atoms with Crippen LogP contribution in [-0.4, -0.2) is 30.1 Å². The number of nitrogens with one attached hydrogen (secondary N) is 1. The van der Waals surface area contributed by atoms with Gasteiger partial charge in [0.25, 0.3) is 5.91 Å². The first-order valence-corrected chi connectivity index (χ1v) is 6.81. The Kier molecular flexibility index (Phi) is 4.33. The molecule has 6 nitrogen and oxygen atoms in total. The van der Waals surface area contributed by atoms with Gasteiger partial charge in [0, 0.05) is 9.85 Å². The van der Waals surface area contributed by atoms with Crippen molar-refractivity contribution < 1.29 is 14.3 Å². The second-order valence-corrected chi connectivity index (χ2v) is 5.19. The standard InChI is InChI=1S/C11H10BrN3O3S/c1-17-10-7(4-13-11(15-10)18-2)14-9(16)8-3-6(12)5-19-8/h3-5H,1-2H3,(H,14,16). The van der Waals surface area contributed by atoms with Gasteiger partial charge in [0.1, 0.15) is 5.69 Å². The molecule has 0 unspecified atom stereocenters. The quantitative estimate of drug-likeness (QED) is 0.923. The van der Waals surface area contributed by atoms with Gasteiger partial charge in [0.2, 0.25) is 5.88 Å². The van der Waals surface area contributed by atoms with Crippen LogP contribution in [-0.2, 0) is 0 Å². The third kappa shape index (κ3) is 3.21. The summed E-state index contributed by atoms with van der Waals surface area (Å²) in [5.74, 6) is -0.00131. The predicted molar refractivity (Wildman–Crippen MR) is 75.1 cm³/mol. The molecular weight excluding hydrogens is 334 g/mol. The molecule has 2 heterocycles. The van der Waals surface area contributed by atoms with Gasteiger partial charge in [-0.2, -0.15) is 4.98 Å². The van der Waals surface area contributed by atoms with Crippen LogP contribution in [0.1, 0.15) is 9.67 Å². The maximum Gasteiger partial charge on any atom is 0.319 e. The van der Waals surface area contributed by atoms with Gasteiger partial charge in [-0.15, -0.1) is 11.3 Å². The van der Waals surface area contributed by atoms with E-state index in [1.165, 1.54) is 31.8 Å². The molecule has 0 saturated carbocycles. The minimum atomic E-state index is -0.247. The maximum atomic E-state index is 12.0.